The summed E-state index contributed by atoms with van der Waals surface area (Å²) in [5.74, 6) is -1.07. The molecule has 1 aliphatic rings. The highest BCUT2D eigenvalue weighted by Crippen LogP contribution is 2.44. The fourth-order valence-corrected chi connectivity index (χ4v) is 4.38. The zero-order valence-electron chi connectivity index (χ0n) is 20.0. The smallest absolute Gasteiger partial charge is 0.407 e. The number of rotatable bonds is 11. The first-order chi connectivity index (χ1) is 16.3. The van der Waals surface area contributed by atoms with Gasteiger partial charge in [0.1, 0.15) is 6.61 Å². The van der Waals surface area contributed by atoms with Gasteiger partial charge in [0.25, 0.3) is 0 Å². The van der Waals surface area contributed by atoms with E-state index < -0.39 is 12.1 Å². The maximum absolute atomic E-state index is 12.3. The average Bonchev–Trinajstić information content (AvgIpc) is 3.12. The number of alkyl carbamates (subject to hydrolysis) is 1. The van der Waals surface area contributed by atoms with Crippen molar-refractivity contribution in [1.29, 1.82) is 0 Å². The lowest BCUT2D eigenvalue weighted by Gasteiger charge is -2.20. The molecule has 0 saturated heterocycles. The molecule has 2 aromatic carbocycles. The van der Waals surface area contributed by atoms with E-state index in [1.807, 2.05) is 45.0 Å². The Bertz CT molecular complexity index is 974. The van der Waals surface area contributed by atoms with Gasteiger partial charge in [-0.05, 0) is 40.0 Å². The number of aliphatic carboxylic acids is 1. The van der Waals surface area contributed by atoms with Gasteiger partial charge in [-0.3, -0.25) is 9.59 Å². The van der Waals surface area contributed by atoms with Crippen molar-refractivity contribution in [3.8, 4) is 11.1 Å². The lowest BCUT2D eigenvalue weighted by molar-refractivity contribution is -0.138. The van der Waals surface area contributed by atoms with Crippen LogP contribution in [-0.2, 0) is 14.3 Å². The Morgan fingerprint density at radius 1 is 0.882 bits per heavy atom. The largest absolute Gasteiger partial charge is 0.481 e. The van der Waals surface area contributed by atoms with Crippen molar-refractivity contribution in [2.24, 2.45) is 17.8 Å². The third kappa shape index (κ3) is 6.59. The first-order valence-corrected chi connectivity index (χ1v) is 11.8. The number of nitrogens with one attached hydrogen (secondary N) is 2. The molecule has 3 rings (SSSR count). The molecule has 34 heavy (non-hydrogen) atoms. The third-order valence-electron chi connectivity index (χ3n) is 6.41. The number of ether oxygens (including phenoxy) is 1. The van der Waals surface area contributed by atoms with Gasteiger partial charge in [-0.15, -0.1) is 0 Å². The van der Waals surface area contributed by atoms with E-state index in [-0.39, 0.29) is 49.0 Å². The fraction of sp³-hybridized carbons (Fsp3) is 0.444. The number of carbonyl (C=O) groups is 3. The van der Waals surface area contributed by atoms with Gasteiger partial charge in [0, 0.05) is 25.4 Å². The topological polar surface area (TPSA) is 105 Å². The van der Waals surface area contributed by atoms with Crippen molar-refractivity contribution in [1.82, 2.24) is 10.6 Å². The second kappa shape index (κ2) is 11.7. The summed E-state index contributed by atoms with van der Waals surface area (Å²) in [7, 11) is 0. The van der Waals surface area contributed by atoms with E-state index in [0.29, 0.717) is 13.1 Å². The highest BCUT2D eigenvalue weighted by atomic mass is 16.5. The number of benzene rings is 2. The molecule has 1 aliphatic carbocycles. The van der Waals surface area contributed by atoms with Crippen LogP contribution in [-0.4, -0.2) is 42.8 Å². The zero-order chi connectivity index (χ0) is 24.7. The average molecular weight is 467 g/mol. The molecule has 2 atom stereocenters. The van der Waals surface area contributed by atoms with Crippen molar-refractivity contribution in [3.05, 3.63) is 59.7 Å². The van der Waals surface area contributed by atoms with E-state index in [1.165, 1.54) is 11.1 Å². The summed E-state index contributed by atoms with van der Waals surface area (Å²) in [5, 5.41) is 14.6. The summed E-state index contributed by atoms with van der Waals surface area (Å²) in [4.78, 5) is 35.5. The Kier molecular flexibility index (Phi) is 8.68. The highest BCUT2D eigenvalue weighted by Gasteiger charge is 2.29. The lowest BCUT2D eigenvalue weighted by atomic mass is 9.92. The minimum atomic E-state index is -0.867. The third-order valence-corrected chi connectivity index (χ3v) is 6.41. The number of carboxylic acid groups (broad SMARTS) is 1. The van der Waals surface area contributed by atoms with Crippen LogP contribution in [0.25, 0.3) is 11.1 Å². The maximum atomic E-state index is 12.3. The second-order valence-corrected chi connectivity index (χ2v) is 9.42. The van der Waals surface area contributed by atoms with E-state index in [9.17, 15) is 14.4 Å². The van der Waals surface area contributed by atoms with Gasteiger partial charge in [0.2, 0.25) is 5.91 Å². The molecule has 0 aliphatic heterocycles. The van der Waals surface area contributed by atoms with Gasteiger partial charge < -0.3 is 20.5 Å². The molecule has 0 heterocycles. The van der Waals surface area contributed by atoms with Gasteiger partial charge in [0.15, 0.2) is 0 Å². The normalized spacial score (nSPS) is 14.1. The van der Waals surface area contributed by atoms with Crippen LogP contribution in [0.15, 0.2) is 48.5 Å². The van der Waals surface area contributed by atoms with E-state index in [2.05, 4.69) is 34.9 Å². The SMILES string of the molecule is CC(CNC(=O)OCC1c2ccccc2-c2ccccc21)CC(=O)NCC(CC(=O)O)C(C)C. The van der Waals surface area contributed by atoms with Crippen LogP contribution in [0.2, 0.25) is 0 Å². The maximum Gasteiger partial charge on any atom is 0.407 e. The monoisotopic (exact) mass is 466 g/mol. The van der Waals surface area contributed by atoms with Crippen molar-refractivity contribution >= 4 is 18.0 Å². The van der Waals surface area contributed by atoms with E-state index >= 15 is 0 Å². The molecular weight excluding hydrogens is 432 g/mol. The Morgan fingerprint density at radius 3 is 2.03 bits per heavy atom. The van der Waals surface area contributed by atoms with Crippen molar-refractivity contribution in [2.45, 2.75) is 39.5 Å². The Labute approximate surface area is 200 Å². The van der Waals surface area contributed by atoms with E-state index in [0.717, 1.165) is 11.1 Å². The summed E-state index contributed by atoms with van der Waals surface area (Å²) in [5.41, 5.74) is 4.66. The molecule has 0 saturated carbocycles. The summed E-state index contributed by atoms with van der Waals surface area (Å²) < 4.78 is 5.53. The van der Waals surface area contributed by atoms with Crippen LogP contribution in [0.4, 0.5) is 4.79 Å². The molecule has 7 nitrogen and oxygen atoms in total. The number of hydrogen-bond donors (Lipinski definition) is 3. The zero-order valence-corrected chi connectivity index (χ0v) is 20.0. The van der Waals surface area contributed by atoms with Crippen LogP contribution in [0.1, 0.15) is 50.7 Å². The minimum absolute atomic E-state index is 0.000978. The molecule has 7 heteroatoms. The molecule has 2 amide bonds. The molecule has 0 fully saturated rings. The van der Waals surface area contributed by atoms with Crippen molar-refractivity contribution in [2.75, 3.05) is 19.7 Å². The summed E-state index contributed by atoms with van der Waals surface area (Å²) in [6.07, 6.45) is -0.242. The fourth-order valence-electron chi connectivity index (χ4n) is 4.38. The van der Waals surface area contributed by atoms with Crippen molar-refractivity contribution in [3.63, 3.8) is 0 Å². The number of carboxylic acids is 1. The van der Waals surface area contributed by atoms with Gasteiger partial charge >= 0.3 is 12.1 Å². The van der Waals surface area contributed by atoms with Gasteiger partial charge in [-0.2, -0.15) is 0 Å². The quantitative estimate of drug-likeness (QED) is 0.455. The number of amides is 2. The van der Waals surface area contributed by atoms with Crippen LogP contribution in [0.5, 0.6) is 0 Å². The summed E-state index contributed by atoms with van der Waals surface area (Å²) in [6, 6.07) is 16.3. The van der Waals surface area contributed by atoms with E-state index in [1.54, 1.807) is 0 Å². The van der Waals surface area contributed by atoms with Crippen LogP contribution >= 0.6 is 0 Å². The first kappa shape index (κ1) is 25.3. The molecule has 0 spiro atoms. The summed E-state index contributed by atoms with van der Waals surface area (Å²) in [6.45, 7) is 6.65. The minimum Gasteiger partial charge on any atom is -0.481 e. The van der Waals surface area contributed by atoms with Crippen LogP contribution in [0, 0.1) is 17.8 Å². The number of carbonyl (C=O) groups excluding carboxylic acids is 2. The predicted octanol–water partition coefficient (Wildman–Crippen LogP) is 4.41. The standard InChI is InChI=1S/C27H34N2O5/c1-17(2)19(13-26(31)32)15-28-25(30)12-18(3)14-29-27(33)34-16-24-22-10-6-4-8-20(22)21-9-5-7-11-23(21)24/h4-11,17-19,24H,12-16H2,1-3H3,(H,28,30)(H,29,33)(H,31,32). The molecule has 0 aromatic heterocycles. The Balaban J connectivity index is 1.42. The van der Waals surface area contributed by atoms with Crippen LogP contribution in [0.3, 0.4) is 0 Å². The van der Waals surface area contributed by atoms with Crippen molar-refractivity contribution < 1.29 is 24.2 Å². The summed E-state index contributed by atoms with van der Waals surface area (Å²) >= 11 is 0. The van der Waals surface area contributed by atoms with Gasteiger partial charge in [0.05, 0.1) is 6.42 Å². The van der Waals surface area contributed by atoms with Gasteiger partial charge in [-0.1, -0.05) is 69.3 Å². The molecule has 0 bridgehead atoms. The molecule has 0 radical (unpaired) electrons. The molecule has 2 unspecified atom stereocenters. The van der Waals surface area contributed by atoms with E-state index in [4.69, 9.17) is 9.84 Å². The second-order valence-electron chi connectivity index (χ2n) is 9.42. The van der Waals surface area contributed by atoms with Crippen LogP contribution < -0.4 is 10.6 Å². The molecular formula is C27H34N2O5. The highest BCUT2D eigenvalue weighted by molar-refractivity contribution is 5.79. The Hall–Kier alpha value is -3.35. The lowest BCUT2D eigenvalue weighted by Crippen LogP contribution is -2.35. The molecule has 2 aromatic rings. The molecule has 182 valence electrons. The number of hydrogen-bond acceptors (Lipinski definition) is 4. The molecule has 3 N–H and O–H groups in total. The predicted molar refractivity (Wildman–Crippen MR) is 130 cm³/mol. The number of fused-ring (bicyclic) bond motifs is 3. The van der Waals surface area contributed by atoms with Gasteiger partial charge in [-0.25, -0.2) is 4.79 Å². The first-order valence-electron chi connectivity index (χ1n) is 11.8. The Morgan fingerprint density at radius 2 is 1.47 bits per heavy atom.